The molecule has 0 aliphatic heterocycles. The SMILES string of the molecule is COCCNC(=O)CNCc1cccc(F)c1F. The summed E-state index contributed by atoms with van der Waals surface area (Å²) < 4.78 is 30.9. The molecule has 0 aromatic heterocycles. The van der Waals surface area contributed by atoms with Crippen molar-refractivity contribution in [2.45, 2.75) is 6.54 Å². The molecule has 0 spiro atoms. The predicted molar refractivity (Wildman–Crippen MR) is 63.0 cm³/mol. The van der Waals surface area contributed by atoms with Crippen molar-refractivity contribution in [3.05, 3.63) is 35.4 Å². The van der Waals surface area contributed by atoms with Crippen LogP contribution in [0.5, 0.6) is 0 Å². The van der Waals surface area contributed by atoms with Crippen molar-refractivity contribution in [3.63, 3.8) is 0 Å². The molecule has 18 heavy (non-hydrogen) atoms. The van der Waals surface area contributed by atoms with E-state index in [0.717, 1.165) is 6.07 Å². The van der Waals surface area contributed by atoms with Gasteiger partial charge in [0.1, 0.15) is 0 Å². The number of amides is 1. The summed E-state index contributed by atoms with van der Waals surface area (Å²) in [5.74, 6) is -1.99. The van der Waals surface area contributed by atoms with E-state index in [9.17, 15) is 13.6 Å². The molecule has 1 aromatic rings. The molecule has 100 valence electrons. The van der Waals surface area contributed by atoms with Crippen LogP contribution in [0.3, 0.4) is 0 Å². The molecule has 0 atom stereocenters. The molecule has 1 rings (SSSR count). The van der Waals surface area contributed by atoms with Gasteiger partial charge in [-0.15, -0.1) is 0 Å². The first kappa shape index (κ1) is 14.5. The normalized spacial score (nSPS) is 10.4. The van der Waals surface area contributed by atoms with Crippen LogP contribution in [0.1, 0.15) is 5.56 Å². The number of hydrogen-bond donors (Lipinski definition) is 2. The number of nitrogens with one attached hydrogen (secondary N) is 2. The van der Waals surface area contributed by atoms with Crippen LogP contribution in [0.25, 0.3) is 0 Å². The zero-order valence-electron chi connectivity index (χ0n) is 10.1. The van der Waals surface area contributed by atoms with E-state index in [1.54, 1.807) is 0 Å². The molecule has 0 bridgehead atoms. The van der Waals surface area contributed by atoms with Gasteiger partial charge in [-0.2, -0.15) is 0 Å². The third-order valence-electron chi connectivity index (χ3n) is 2.26. The van der Waals surface area contributed by atoms with E-state index in [-0.39, 0.29) is 24.6 Å². The lowest BCUT2D eigenvalue weighted by Crippen LogP contribution is -2.35. The molecule has 6 heteroatoms. The molecular formula is C12H16F2N2O2. The van der Waals surface area contributed by atoms with Crippen molar-refractivity contribution in [2.75, 3.05) is 26.8 Å². The van der Waals surface area contributed by atoms with E-state index >= 15 is 0 Å². The molecule has 2 N–H and O–H groups in total. The van der Waals surface area contributed by atoms with E-state index in [2.05, 4.69) is 10.6 Å². The third-order valence-corrected chi connectivity index (χ3v) is 2.26. The van der Waals surface area contributed by atoms with E-state index in [1.165, 1.54) is 19.2 Å². The van der Waals surface area contributed by atoms with Crippen LogP contribution in [0, 0.1) is 11.6 Å². The van der Waals surface area contributed by atoms with Crippen molar-refractivity contribution in [3.8, 4) is 0 Å². The van der Waals surface area contributed by atoms with Crippen LogP contribution in [0.15, 0.2) is 18.2 Å². The van der Waals surface area contributed by atoms with Crippen molar-refractivity contribution < 1.29 is 18.3 Å². The lowest BCUT2D eigenvalue weighted by Gasteiger charge is -2.07. The summed E-state index contributed by atoms with van der Waals surface area (Å²) in [6.07, 6.45) is 0. The number of methoxy groups -OCH3 is 1. The summed E-state index contributed by atoms with van der Waals surface area (Å²) in [6, 6.07) is 3.94. The zero-order valence-corrected chi connectivity index (χ0v) is 10.1. The Kier molecular flexibility index (Phi) is 6.24. The number of ether oxygens (including phenoxy) is 1. The molecule has 0 radical (unpaired) electrons. The van der Waals surface area contributed by atoms with Gasteiger partial charge in [-0.25, -0.2) is 8.78 Å². The fraction of sp³-hybridized carbons (Fsp3) is 0.417. The smallest absolute Gasteiger partial charge is 0.234 e. The number of rotatable bonds is 7. The fourth-order valence-corrected chi connectivity index (χ4v) is 1.35. The Morgan fingerprint density at radius 3 is 2.89 bits per heavy atom. The Bertz CT molecular complexity index is 400. The third kappa shape index (κ3) is 4.77. The van der Waals surface area contributed by atoms with Crippen LogP contribution in [-0.2, 0) is 16.1 Å². The van der Waals surface area contributed by atoms with Gasteiger partial charge in [-0.1, -0.05) is 12.1 Å². The largest absolute Gasteiger partial charge is 0.383 e. The molecule has 0 unspecified atom stereocenters. The highest BCUT2D eigenvalue weighted by molar-refractivity contribution is 5.77. The number of carbonyl (C=O) groups excluding carboxylic acids is 1. The van der Waals surface area contributed by atoms with Crippen LogP contribution >= 0.6 is 0 Å². The maximum atomic E-state index is 13.2. The Labute approximate surface area is 104 Å². The van der Waals surface area contributed by atoms with Crippen LogP contribution in [0.2, 0.25) is 0 Å². The minimum atomic E-state index is -0.890. The predicted octanol–water partition coefficient (Wildman–Crippen LogP) is 0.817. The van der Waals surface area contributed by atoms with Gasteiger partial charge in [0, 0.05) is 25.8 Å². The number of benzene rings is 1. The summed E-state index contributed by atoms with van der Waals surface area (Å²) in [5.41, 5.74) is 0.194. The Balaban J connectivity index is 2.29. The van der Waals surface area contributed by atoms with Gasteiger partial charge in [0.15, 0.2) is 11.6 Å². The second kappa shape index (κ2) is 7.73. The Morgan fingerprint density at radius 1 is 1.39 bits per heavy atom. The molecule has 0 aliphatic carbocycles. The number of halogens is 2. The maximum absolute atomic E-state index is 13.2. The second-order valence-electron chi connectivity index (χ2n) is 3.66. The Morgan fingerprint density at radius 2 is 2.17 bits per heavy atom. The highest BCUT2D eigenvalue weighted by Gasteiger charge is 2.07. The van der Waals surface area contributed by atoms with Crippen LogP contribution in [0.4, 0.5) is 8.78 Å². The summed E-state index contributed by atoms with van der Waals surface area (Å²) in [5, 5.41) is 5.34. The lowest BCUT2D eigenvalue weighted by molar-refractivity contribution is -0.120. The van der Waals surface area contributed by atoms with Crippen LogP contribution in [-0.4, -0.2) is 32.7 Å². The van der Waals surface area contributed by atoms with Gasteiger partial charge in [0.2, 0.25) is 5.91 Å². The molecule has 1 amide bonds. The summed E-state index contributed by atoms with van der Waals surface area (Å²) in [7, 11) is 1.54. The fourth-order valence-electron chi connectivity index (χ4n) is 1.35. The summed E-state index contributed by atoms with van der Waals surface area (Å²) in [4.78, 5) is 11.3. The van der Waals surface area contributed by atoms with Gasteiger partial charge in [0.25, 0.3) is 0 Å². The summed E-state index contributed by atoms with van der Waals surface area (Å²) in [6.45, 7) is 0.997. The topological polar surface area (TPSA) is 50.4 Å². The van der Waals surface area contributed by atoms with Gasteiger partial charge in [-0.3, -0.25) is 4.79 Å². The van der Waals surface area contributed by atoms with Gasteiger partial charge in [0.05, 0.1) is 13.2 Å². The molecule has 0 aliphatic rings. The first-order valence-corrected chi connectivity index (χ1v) is 5.54. The molecule has 0 saturated carbocycles. The average Bonchev–Trinajstić information content (AvgIpc) is 2.35. The van der Waals surface area contributed by atoms with E-state index < -0.39 is 11.6 Å². The average molecular weight is 258 g/mol. The van der Waals surface area contributed by atoms with Crippen molar-refractivity contribution in [2.24, 2.45) is 0 Å². The standard InChI is InChI=1S/C12H16F2N2O2/c1-18-6-5-16-11(17)8-15-7-9-3-2-4-10(13)12(9)14/h2-4,15H,5-8H2,1H3,(H,16,17). The molecule has 0 saturated heterocycles. The molecule has 4 nitrogen and oxygen atoms in total. The van der Waals surface area contributed by atoms with Crippen molar-refractivity contribution in [1.29, 1.82) is 0 Å². The second-order valence-corrected chi connectivity index (χ2v) is 3.66. The minimum Gasteiger partial charge on any atom is -0.383 e. The highest BCUT2D eigenvalue weighted by atomic mass is 19.2. The molecule has 0 heterocycles. The first-order valence-electron chi connectivity index (χ1n) is 5.54. The lowest BCUT2D eigenvalue weighted by atomic mass is 10.2. The number of carbonyl (C=O) groups is 1. The first-order chi connectivity index (χ1) is 8.65. The van der Waals surface area contributed by atoms with E-state index in [0.29, 0.717) is 13.2 Å². The maximum Gasteiger partial charge on any atom is 0.234 e. The monoisotopic (exact) mass is 258 g/mol. The molecule has 1 aromatic carbocycles. The number of hydrogen-bond acceptors (Lipinski definition) is 3. The zero-order chi connectivity index (χ0) is 13.4. The highest BCUT2D eigenvalue weighted by Crippen LogP contribution is 2.10. The molecular weight excluding hydrogens is 242 g/mol. The summed E-state index contributed by atoms with van der Waals surface area (Å²) >= 11 is 0. The van der Waals surface area contributed by atoms with Crippen molar-refractivity contribution in [1.82, 2.24) is 10.6 Å². The van der Waals surface area contributed by atoms with Gasteiger partial charge >= 0.3 is 0 Å². The van der Waals surface area contributed by atoms with Crippen molar-refractivity contribution >= 4 is 5.91 Å². The quantitative estimate of drug-likeness (QED) is 0.712. The van der Waals surface area contributed by atoms with Gasteiger partial charge < -0.3 is 15.4 Å². The van der Waals surface area contributed by atoms with E-state index in [4.69, 9.17) is 4.74 Å². The minimum absolute atomic E-state index is 0.0413. The molecule has 0 fully saturated rings. The van der Waals surface area contributed by atoms with E-state index in [1.807, 2.05) is 0 Å². The van der Waals surface area contributed by atoms with Gasteiger partial charge in [-0.05, 0) is 6.07 Å². The van der Waals surface area contributed by atoms with Crippen LogP contribution < -0.4 is 10.6 Å². The Hall–Kier alpha value is -1.53.